The summed E-state index contributed by atoms with van der Waals surface area (Å²) in [6.07, 6.45) is 0. The fourth-order valence-electron chi connectivity index (χ4n) is 2.68. The van der Waals surface area contributed by atoms with E-state index in [1.807, 2.05) is 13.0 Å². The van der Waals surface area contributed by atoms with Crippen molar-refractivity contribution < 1.29 is 14.0 Å². The van der Waals surface area contributed by atoms with E-state index < -0.39 is 5.24 Å². The van der Waals surface area contributed by atoms with E-state index in [9.17, 15) is 14.0 Å². The predicted molar refractivity (Wildman–Crippen MR) is 90.4 cm³/mol. The van der Waals surface area contributed by atoms with Crippen LogP contribution in [-0.4, -0.2) is 16.9 Å². The summed E-state index contributed by atoms with van der Waals surface area (Å²) in [5.74, 6) is -0.133. The normalized spacial score (nSPS) is 17.6. The number of rotatable bonds is 3. The zero-order valence-corrected chi connectivity index (χ0v) is 13.8. The SMILES string of the molecule is Cc1cccc(C(=O)Cl)c1N1C(=O)CSC1c1ccc(F)cc1. The van der Waals surface area contributed by atoms with Gasteiger partial charge in [-0.25, -0.2) is 4.39 Å². The minimum absolute atomic E-state index is 0.0993. The van der Waals surface area contributed by atoms with Gasteiger partial charge in [0.05, 0.1) is 17.0 Å². The van der Waals surface area contributed by atoms with Crippen molar-refractivity contribution in [2.45, 2.75) is 12.3 Å². The molecule has 0 spiro atoms. The lowest BCUT2D eigenvalue weighted by Crippen LogP contribution is -2.30. The molecular formula is C17H13ClFNO2S. The first-order valence-electron chi connectivity index (χ1n) is 6.97. The number of hydrogen-bond acceptors (Lipinski definition) is 3. The molecule has 1 aliphatic heterocycles. The van der Waals surface area contributed by atoms with Crippen molar-refractivity contribution >= 4 is 40.2 Å². The zero-order valence-electron chi connectivity index (χ0n) is 12.3. The molecule has 1 saturated heterocycles. The fraction of sp³-hybridized carbons (Fsp3) is 0.176. The molecule has 0 radical (unpaired) electrons. The summed E-state index contributed by atoms with van der Waals surface area (Å²) in [4.78, 5) is 25.8. The number of thioether (sulfide) groups is 1. The highest BCUT2D eigenvalue weighted by atomic mass is 35.5. The third-order valence-electron chi connectivity index (χ3n) is 3.71. The van der Waals surface area contributed by atoms with Gasteiger partial charge in [-0.3, -0.25) is 14.5 Å². The molecule has 1 heterocycles. The van der Waals surface area contributed by atoms with E-state index in [1.54, 1.807) is 29.2 Å². The maximum Gasteiger partial charge on any atom is 0.254 e. The number of halogens is 2. The number of carbonyl (C=O) groups is 2. The third-order valence-corrected chi connectivity index (χ3v) is 5.13. The molecule has 1 unspecified atom stereocenters. The van der Waals surface area contributed by atoms with Gasteiger partial charge in [0.2, 0.25) is 5.91 Å². The smallest absolute Gasteiger partial charge is 0.254 e. The van der Waals surface area contributed by atoms with Gasteiger partial charge in [-0.05, 0) is 47.9 Å². The van der Waals surface area contributed by atoms with E-state index in [-0.39, 0.29) is 17.1 Å². The maximum atomic E-state index is 13.2. The first-order valence-corrected chi connectivity index (χ1v) is 8.40. The Kier molecular flexibility index (Phi) is 4.41. The summed E-state index contributed by atoms with van der Waals surface area (Å²) in [6.45, 7) is 1.83. The Hall–Kier alpha value is -1.85. The Morgan fingerprint density at radius 2 is 1.96 bits per heavy atom. The van der Waals surface area contributed by atoms with Crippen LogP contribution in [0.4, 0.5) is 10.1 Å². The van der Waals surface area contributed by atoms with Crippen molar-refractivity contribution in [2.75, 3.05) is 10.7 Å². The van der Waals surface area contributed by atoms with Gasteiger partial charge in [-0.15, -0.1) is 11.8 Å². The van der Waals surface area contributed by atoms with Crippen molar-refractivity contribution in [1.82, 2.24) is 0 Å². The van der Waals surface area contributed by atoms with Crippen molar-refractivity contribution in [2.24, 2.45) is 0 Å². The number of nitrogens with zero attached hydrogens (tertiary/aromatic N) is 1. The van der Waals surface area contributed by atoms with Gasteiger partial charge >= 0.3 is 0 Å². The van der Waals surface area contributed by atoms with Gasteiger partial charge in [0.15, 0.2) is 0 Å². The first kappa shape index (κ1) is 16.0. The van der Waals surface area contributed by atoms with E-state index in [0.717, 1.165) is 11.1 Å². The van der Waals surface area contributed by atoms with E-state index >= 15 is 0 Å². The molecule has 3 rings (SSSR count). The molecule has 0 aliphatic carbocycles. The minimum atomic E-state index is -0.605. The first-order chi connectivity index (χ1) is 11.0. The topological polar surface area (TPSA) is 37.4 Å². The second kappa shape index (κ2) is 6.34. The third kappa shape index (κ3) is 2.99. The van der Waals surface area contributed by atoms with Crippen LogP contribution in [0.5, 0.6) is 0 Å². The van der Waals surface area contributed by atoms with Crippen molar-refractivity contribution in [3.63, 3.8) is 0 Å². The van der Waals surface area contributed by atoms with E-state index in [2.05, 4.69) is 0 Å². The van der Waals surface area contributed by atoms with E-state index in [0.29, 0.717) is 17.0 Å². The van der Waals surface area contributed by atoms with Gasteiger partial charge < -0.3 is 0 Å². The van der Waals surface area contributed by atoms with Gasteiger partial charge in [-0.2, -0.15) is 0 Å². The summed E-state index contributed by atoms with van der Waals surface area (Å²) < 4.78 is 13.2. The molecule has 0 N–H and O–H groups in total. The molecule has 1 amide bonds. The quantitative estimate of drug-likeness (QED) is 0.776. The molecule has 0 bridgehead atoms. The van der Waals surface area contributed by atoms with E-state index in [4.69, 9.17) is 11.6 Å². The standard InChI is InChI=1S/C17H13ClFNO2S/c1-10-3-2-4-13(16(18)22)15(10)20-14(21)9-23-17(20)11-5-7-12(19)8-6-11/h2-8,17H,9H2,1H3. The molecule has 6 heteroatoms. The average molecular weight is 350 g/mol. The summed E-state index contributed by atoms with van der Waals surface area (Å²) in [6, 6.07) is 11.2. The van der Waals surface area contributed by atoms with Crippen molar-refractivity contribution in [3.8, 4) is 0 Å². The summed E-state index contributed by atoms with van der Waals surface area (Å²) in [7, 11) is 0. The van der Waals surface area contributed by atoms with Crippen molar-refractivity contribution in [1.29, 1.82) is 0 Å². The van der Waals surface area contributed by atoms with E-state index in [1.165, 1.54) is 23.9 Å². The molecular weight excluding hydrogens is 337 g/mol. The molecule has 3 nitrogen and oxygen atoms in total. The number of aryl methyl sites for hydroxylation is 1. The average Bonchev–Trinajstić information content (AvgIpc) is 2.89. The maximum absolute atomic E-state index is 13.2. The molecule has 2 aromatic rings. The second-order valence-electron chi connectivity index (χ2n) is 5.22. The van der Waals surface area contributed by atoms with Gasteiger partial charge in [-0.1, -0.05) is 24.3 Å². The largest absolute Gasteiger partial charge is 0.294 e. The molecule has 1 aliphatic rings. The molecule has 118 valence electrons. The number of para-hydroxylation sites is 1. The molecule has 0 aromatic heterocycles. The predicted octanol–water partition coefficient (Wildman–Crippen LogP) is 4.29. The Bertz CT molecular complexity index is 779. The lowest BCUT2D eigenvalue weighted by molar-refractivity contribution is -0.115. The van der Waals surface area contributed by atoms with Crippen LogP contribution in [0, 0.1) is 12.7 Å². The molecule has 1 fully saturated rings. The van der Waals surface area contributed by atoms with Crippen LogP contribution in [0.15, 0.2) is 42.5 Å². The minimum Gasteiger partial charge on any atom is -0.294 e. The Labute approximate surface area is 142 Å². The van der Waals surface area contributed by atoms with Gasteiger partial charge in [0.1, 0.15) is 11.2 Å². The number of benzene rings is 2. The molecule has 23 heavy (non-hydrogen) atoms. The summed E-state index contributed by atoms with van der Waals surface area (Å²) >= 11 is 7.13. The Balaban J connectivity index is 2.11. The summed E-state index contributed by atoms with van der Waals surface area (Å²) in [5.41, 5.74) is 2.42. The number of carbonyl (C=O) groups excluding carboxylic acids is 2. The highest BCUT2D eigenvalue weighted by Crippen LogP contribution is 2.44. The monoisotopic (exact) mass is 349 g/mol. The van der Waals surface area contributed by atoms with Crippen LogP contribution in [0.25, 0.3) is 0 Å². The van der Waals surface area contributed by atoms with Crippen LogP contribution in [0.2, 0.25) is 0 Å². The van der Waals surface area contributed by atoms with Gasteiger partial charge in [0.25, 0.3) is 5.24 Å². The highest BCUT2D eigenvalue weighted by molar-refractivity contribution is 8.00. The van der Waals surface area contributed by atoms with Crippen LogP contribution < -0.4 is 4.90 Å². The van der Waals surface area contributed by atoms with Crippen LogP contribution >= 0.6 is 23.4 Å². The lowest BCUT2D eigenvalue weighted by Gasteiger charge is -2.27. The summed E-state index contributed by atoms with van der Waals surface area (Å²) in [5, 5.41) is -0.912. The van der Waals surface area contributed by atoms with Crippen molar-refractivity contribution in [3.05, 3.63) is 65.0 Å². The van der Waals surface area contributed by atoms with Crippen LogP contribution in [0.1, 0.15) is 26.9 Å². The fourth-order valence-corrected chi connectivity index (χ4v) is 3.99. The lowest BCUT2D eigenvalue weighted by atomic mass is 10.1. The number of hydrogen-bond donors (Lipinski definition) is 0. The molecule has 1 atom stereocenters. The van der Waals surface area contributed by atoms with Gasteiger partial charge in [0, 0.05) is 0 Å². The Morgan fingerprint density at radius 1 is 1.26 bits per heavy atom. The molecule has 0 saturated carbocycles. The van der Waals surface area contributed by atoms with Crippen LogP contribution in [-0.2, 0) is 4.79 Å². The number of amides is 1. The molecule has 2 aromatic carbocycles. The highest BCUT2D eigenvalue weighted by Gasteiger charge is 2.36. The van der Waals surface area contributed by atoms with Crippen LogP contribution in [0.3, 0.4) is 0 Å². The number of anilines is 1. The zero-order chi connectivity index (χ0) is 16.6. The Morgan fingerprint density at radius 3 is 2.61 bits per heavy atom. The second-order valence-corrected chi connectivity index (χ2v) is 6.64.